The average molecular weight is 449 g/mol. The first-order chi connectivity index (χ1) is 15.0. The summed E-state index contributed by atoms with van der Waals surface area (Å²) in [6.45, 7) is -0.0850. The third-order valence-corrected chi connectivity index (χ3v) is 5.39. The largest absolute Gasteiger partial charge is 0.394 e. The first kappa shape index (κ1) is 21.4. The van der Waals surface area contributed by atoms with E-state index in [0.717, 1.165) is 5.56 Å². The van der Waals surface area contributed by atoms with Crippen LogP contribution in [0.25, 0.3) is 11.2 Å². The summed E-state index contributed by atoms with van der Waals surface area (Å²) < 4.78 is 6.93. The van der Waals surface area contributed by atoms with Crippen LogP contribution in [0.3, 0.4) is 0 Å². The molecule has 31 heavy (non-hydrogen) atoms. The fraction of sp³-hybridized carbons (Fsp3) is 0.368. The molecule has 0 aliphatic carbocycles. The highest BCUT2D eigenvalue weighted by Crippen LogP contribution is 2.32. The summed E-state index contributed by atoms with van der Waals surface area (Å²) in [7, 11) is 0. The van der Waals surface area contributed by atoms with Crippen molar-refractivity contribution in [1.29, 1.82) is 0 Å². The van der Waals surface area contributed by atoms with Crippen molar-refractivity contribution in [3.8, 4) is 0 Å². The van der Waals surface area contributed by atoms with Crippen molar-refractivity contribution in [2.45, 2.75) is 31.0 Å². The van der Waals surface area contributed by atoms with E-state index in [-0.39, 0.29) is 17.0 Å². The van der Waals surface area contributed by atoms with Gasteiger partial charge in [0.25, 0.3) is 0 Å². The Hall–Kier alpha value is -2.83. The molecule has 2 aromatic heterocycles. The third-order valence-electron chi connectivity index (χ3n) is 5.02. The minimum absolute atomic E-state index is 0.172. The molecule has 5 N–H and O–H groups in total. The second-order valence-electron chi connectivity index (χ2n) is 7.00. The first-order valence-electron chi connectivity index (χ1n) is 9.58. The van der Waals surface area contributed by atoms with Gasteiger partial charge >= 0.3 is 6.03 Å². The fourth-order valence-corrected chi connectivity index (χ4v) is 3.63. The molecule has 1 saturated heterocycles. The normalized spacial score (nSPS) is 23.2. The van der Waals surface area contributed by atoms with Crippen LogP contribution in [0.2, 0.25) is 5.02 Å². The van der Waals surface area contributed by atoms with Crippen LogP contribution in [0.15, 0.2) is 36.9 Å². The van der Waals surface area contributed by atoms with Gasteiger partial charge in [-0.05, 0) is 18.1 Å². The standard InChI is InChI=1S/C19H21ClN6O5/c20-11-4-2-1-3-10(11)5-6-21-19(30)25-16-13-17(23-8-22-16)26(9-24-13)18-15(29)14(28)12(7-27)31-18/h1-4,8-9,12,14-15,18,27-29H,5-7H2,(H2,21,22,23,25,30)/t12-,14-,15-,18-/m1/s1. The van der Waals surface area contributed by atoms with Crippen molar-refractivity contribution in [1.82, 2.24) is 24.8 Å². The van der Waals surface area contributed by atoms with Gasteiger partial charge in [0.2, 0.25) is 0 Å². The molecule has 3 aromatic rings. The number of anilines is 1. The van der Waals surface area contributed by atoms with E-state index in [4.69, 9.17) is 16.3 Å². The molecule has 11 nitrogen and oxygen atoms in total. The second kappa shape index (κ2) is 9.12. The predicted molar refractivity (Wildman–Crippen MR) is 111 cm³/mol. The summed E-state index contributed by atoms with van der Waals surface area (Å²) in [5, 5.41) is 35.5. The Morgan fingerprint density at radius 2 is 2.00 bits per heavy atom. The quantitative estimate of drug-likeness (QED) is 0.364. The number of rotatable bonds is 6. The number of ether oxygens (including phenoxy) is 1. The molecule has 4 atom stereocenters. The Balaban J connectivity index is 1.44. The van der Waals surface area contributed by atoms with Crippen LogP contribution in [0.4, 0.5) is 10.6 Å². The van der Waals surface area contributed by atoms with E-state index in [9.17, 15) is 20.1 Å². The number of fused-ring (bicyclic) bond motifs is 1. The number of carbonyl (C=O) groups excluding carboxylic acids is 1. The highest BCUT2D eigenvalue weighted by Gasteiger charge is 2.44. The summed E-state index contributed by atoms with van der Waals surface area (Å²) >= 11 is 6.11. The minimum Gasteiger partial charge on any atom is -0.394 e. The molecule has 1 aliphatic heterocycles. The number of hydrogen-bond donors (Lipinski definition) is 5. The van der Waals surface area contributed by atoms with Gasteiger partial charge < -0.3 is 25.4 Å². The summed E-state index contributed by atoms with van der Waals surface area (Å²) in [6.07, 6.45) is -1.30. The third kappa shape index (κ3) is 4.31. The number of hydrogen-bond acceptors (Lipinski definition) is 8. The Kier molecular flexibility index (Phi) is 6.30. The molecule has 12 heteroatoms. The van der Waals surface area contributed by atoms with Gasteiger partial charge in [0.1, 0.15) is 24.6 Å². The highest BCUT2D eigenvalue weighted by atomic mass is 35.5. The maximum Gasteiger partial charge on any atom is 0.320 e. The molecule has 1 fully saturated rings. The number of aliphatic hydroxyl groups excluding tert-OH is 3. The average Bonchev–Trinajstić information content (AvgIpc) is 3.31. The zero-order valence-electron chi connectivity index (χ0n) is 16.2. The van der Waals surface area contributed by atoms with Gasteiger partial charge in [-0.15, -0.1) is 0 Å². The molecule has 0 radical (unpaired) electrons. The van der Waals surface area contributed by atoms with Gasteiger partial charge in [-0.1, -0.05) is 29.8 Å². The predicted octanol–water partition coefficient (Wildman–Crippen LogP) is 0.455. The molecular weight excluding hydrogens is 428 g/mol. The molecule has 4 rings (SSSR count). The van der Waals surface area contributed by atoms with E-state index in [2.05, 4.69) is 25.6 Å². The van der Waals surface area contributed by atoms with Crippen LogP contribution in [-0.4, -0.2) is 72.3 Å². The van der Waals surface area contributed by atoms with E-state index >= 15 is 0 Å². The van der Waals surface area contributed by atoms with E-state index in [1.54, 1.807) is 6.07 Å². The van der Waals surface area contributed by atoms with Gasteiger partial charge in [0.15, 0.2) is 23.2 Å². The topological polar surface area (TPSA) is 155 Å². The maximum absolute atomic E-state index is 12.3. The van der Waals surface area contributed by atoms with Crippen LogP contribution < -0.4 is 10.6 Å². The number of aliphatic hydroxyl groups is 3. The Morgan fingerprint density at radius 3 is 2.74 bits per heavy atom. The van der Waals surface area contributed by atoms with Crippen molar-refractivity contribution in [3.05, 3.63) is 47.5 Å². The molecule has 0 spiro atoms. The van der Waals surface area contributed by atoms with Crippen LogP contribution in [0.1, 0.15) is 11.8 Å². The molecule has 0 unspecified atom stereocenters. The summed E-state index contributed by atoms with van der Waals surface area (Å²) in [4.78, 5) is 24.7. The Labute approximate surface area is 181 Å². The molecule has 1 aromatic carbocycles. The van der Waals surface area contributed by atoms with Crippen molar-refractivity contribution < 1.29 is 24.9 Å². The number of imidazole rings is 1. The summed E-state index contributed by atoms with van der Waals surface area (Å²) in [5.74, 6) is 0.172. The van der Waals surface area contributed by atoms with Gasteiger partial charge in [0.05, 0.1) is 12.9 Å². The van der Waals surface area contributed by atoms with Gasteiger partial charge in [-0.2, -0.15) is 0 Å². The number of aromatic nitrogens is 4. The number of nitrogens with zero attached hydrogens (tertiary/aromatic N) is 4. The molecule has 164 valence electrons. The van der Waals surface area contributed by atoms with Crippen LogP contribution >= 0.6 is 11.6 Å². The lowest BCUT2D eigenvalue weighted by Gasteiger charge is -2.16. The molecule has 2 amide bonds. The lowest BCUT2D eigenvalue weighted by molar-refractivity contribution is -0.0511. The summed E-state index contributed by atoms with van der Waals surface area (Å²) in [6, 6.07) is 6.92. The first-order valence-corrected chi connectivity index (χ1v) is 9.95. The van der Waals surface area contributed by atoms with E-state index in [1.807, 2.05) is 18.2 Å². The van der Waals surface area contributed by atoms with Gasteiger partial charge in [-0.25, -0.2) is 19.7 Å². The number of benzene rings is 1. The lowest BCUT2D eigenvalue weighted by Crippen LogP contribution is -2.33. The zero-order chi connectivity index (χ0) is 22.0. The van der Waals surface area contributed by atoms with E-state index in [1.165, 1.54) is 17.2 Å². The molecule has 1 aliphatic rings. The second-order valence-corrected chi connectivity index (χ2v) is 7.40. The lowest BCUT2D eigenvalue weighted by atomic mass is 10.1. The molecule has 0 bridgehead atoms. The SMILES string of the molecule is O=C(NCCc1ccccc1Cl)Nc1ncnc2c1ncn2[C@@H]1O[C@H](CO)[C@@H](O)[C@H]1O. The van der Waals surface area contributed by atoms with Crippen molar-refractivity contribution >= 4 is 34.6 Å². The minimum atomic E-state index is -1.28. The summed E-state index contributed by atoms with van der Waals surface area (Å²) in [5.41, 5.74) is 1.49. The molecule has 0 saturated carbocycles. The number of nitrogens with one attached hydrogen (secondary N) is 2. The highest BCUT2D eigenvalue weighted by molar-refractivity contribution is 6.31. The number of carbonyl (C=O) groups is 1. The van der Waals surface area contributed by atoms with Gasteiger partial charge in [-0.3, -0.25) is 9.88 Å². The van der Waals surface area contributed by atoms with E-state index in [0.29, 0.717) is 18.0 Å². The smallest absolute Gasteiger partial charge is 0.320 e. The monoisotopic (exact) mass is 448 g/mol. The molecule has 3 heterocycles. The van der Waals surface area contributed by atoms with Gasteiger partial charge in [0, 0.05) is 11.6 Å². The van der Waals surface area contributed by atoms with Crippen molar-refractivity contribution in [3.63, 3.8) is 0 Å². The number of amides is 2. The fourth-order valence-electron chi connectivity index (χ4n) is 3.40. The van der Waals surface area contributed by atoms with Crippen LogP contribution in [0.5, 0.6) is 0 Å². The van der Waals surface area contributed by atoms with Crippen molar-refractivity contribution in [2.75, 3.05) is 18.5 Å². The Bertz CT molecular complexity index is 1080. The van der Waals surface area contributed by atoms with Crippen LogP contribution in [0, 0.1) is 0 Å². The van der Waals surface area contributed by atoms with Crippen LogP contribution in [-0.2, 0) is 11.2 Å². The maximum atomic E-state index is 12.3. The Morgan fingerprint density at radius 1 is 1.19 bits per heavy atom. The van der Waals surface area contributed by atoms with E-state index < -0.39 is 37.2 Å². The molecular formula is C19H21ClN6O5. The zero-order valence-corrected chi connectivity index (χ0v) is 17.0. The van der Waals surface area contributed by atoms with Crippen molar-refractivity contribution in [2.24, 2.45) is 0 Å². The number of urea groups is 1. The number of halogens is 1.